The molecule has 24 heavy (non-hydrogen) atoms. The zero-order valence-corrected chi connectivity index (χ0v) is 13.4. The van der Waals surface area contributed by atoms with Crippen LogP contribution in [-0.2, 0) is 10.9 Å². The van der Waals surface area contributed by atoms with E-state index in [4.69, 9.17) is 16.3 Å². The number of rotatable bonds is 3. The highest BCUT2D eigenvalue weighted by molar-refractivity contribution is 6.18. The van der Waals surface area contributed by atoms with Gasteiger partial charge in [0.05, 0.1) is 11.4 Å². The molecule has 9 heteroatoms. The standard InChI is InChI=1S/C15H16ClF3N2O3/c16-5-10-24-14(23)21-8-6-20(7-9-21)13(22)11-1-3-12(4-2-11)15(17,18)19/h1-4H,5-10H2. The summed E-state index contributed by atoms with van der Waals surface area (Å²) in [7, 11) is 0. The third kappa shape index (κ3) is 4.53. The number of alkyl halides is 4. The van der Waals surface area contributed by atoms with Gasteiger partial charge in [-0.15, -0.1) is 11.6 Å². The molecule has 0 bridgehead atoms. The van der Waals surface area contributed by atoms with E-state index in [1.54, 1.807) is 0 Å². The highest BCUT2D eigenvalue weighted by atomic mass is 35.5. The van der Waals surface area contributed by atoms with Gasteiger partial charge in [-0.3, -0.25) is 4.79 Å². The first-order valence-corrected chi connectivity index (χ1v) is 7.80. The second kappa shape index (κ2) is 7.74. The van der Waals surface area contributed by atoms with E-state index in [2.05, 4.69) is 0 Å². The van der Waals surface area contributed by atoms with Crippen molar-refractivity contribution in [1.29, 1.82) is 0 Å². The summed E-state index contributed by atoms with van der Waals surface area (Å²) in [5.41, 5.74) is -0.618. The number of piperazine rings is 1. The van der Waals surface area contributed by atoms with E-state index in [0.717, 1.165) is 24.3 Å². The molecule has 132 valence electrons. The average molecular weight is 365 g/mol. The van der Waals surface area contributed by atoms with Gasteiger partial charge in [-0.2, -0.15) is 13.2 Å². The number of nitrogens with zero attached hydrogens (tertiary/aromatic N) is 2. The van der Waals surface area contributed by atoms with Crippen molar-refractivity contribution in [2.45, 2.75) is 6.18 Å². The lowest BCUT2D eigenvalue weighted by molar-refractivity contribution is -0.137. The maximum absolute atomic E-state index is 12.5. The lowest BCUT2D eigenvalue weighted by Crippen LogP contribution is -2.50. The first kappa shape index (κ1) is 18.4. The number of hydrogen-bond donors (Lipinski definition) is 0. The van der Waals surface area contributed by atoms with Crippen LogP contribution in [0.2, 0.25) is 0 Å². The Hall–Kier alpha value is -1.96. The summed E-state index contributed by atoms with van der Waals surface area (Å²) < 4.78 is 42.5. The molecule has 1 aromatic carbocycles. The third-order valence-electron chi connectivity index (χ3n) is 3.59. The Morgan fingerprint density at radius 2 is 1.58 bits per heavy atom. The van der Waals surface area contributed by atoms with E-state index in [0.29, 0.717) is 13.1 Å². The Morgan fingerprint density at radius 1 is 1.04 bits per heavy atom. The minimum Gasteiger partial charge on any atom is -0.448 e. The number of ether oxygens (including phenoxy) is 1. The van der Waals surface area contributed by atoms with Crippen LogP contribution in [0.4, 0.5) is 18.0 Å². The summed E-state index contributed by atoms with van der Waals surface area (Å²) in [6, 6.07) is 4.08. The Labute approximate surface area is 141 Å². The topological polar surface area (TPSA) is 49.9 Å². The predicted molar refractivity (Wildman–Crippen MR) is 81.0 cm³/mol. The molecule has 5 nitrogen and oxygen atoms in total. The molecule has 1 heterocycles. The lowest BCUT2D eigenvalue weighted by Gasteiger charge is -2.34. The van der Waals surface area contributed by atoms with Crippen LogP contribution in [0.5, 0.6) is 0 Å². The second-order valence-electron chi connectivity index (χ2n) is 5.16. The van der Waals surface area contributed by atoms with Gasteiger partial charge in [0, 0.05) is 31.7 Å². The van der Waals surface area contributed by atoms with Crippen molar-refractivity contribution in [2.75, 3.05) is 38.7 Å². The lowest BCUT2D eigenvalue weighted by atomic mass is 10.1. The highest BCUT2D eigenvalue weighted by Crippen LogP contribution is 2.29. The molecule has 0 aliphatic carbocycles. The Balaban J connectivity index is 1.92. The predicted octanol–water partition coefficient (Wildman–Crippen LogP) is 2.84. The Morgan fingerprint density at radius 3 is 2.08 bits per heavy atom. The van der Waals surface area contributed by atoms with Crippen molar-refractivity contribution in [1.82, 2.24) is 9.80 Å². The van der Waals surface area contributed by atoms with Crippen LogP contribution in [0.1, 0.15) is 15.9 Å². The van der Waals surface area contributed by atoms with Crippen molar-refractivity contribution < 1.29 is 27.5 Å². The molecular weight excluding hydrogens is 349 g/mol. The van der Waals surface area contributed by atoms with Crippen LogP contribution in [0.3, 0.4) is 0 Å². The summed E-state index contributed by atoms with van der Waals surface area (Å²) in [6.45, 7) is 1.29. The second-order valence-corrected chi connectivity index (χ2v) is 5.54. The maximum atomic E-state index is 12.5. The van der Waals surface area contributed by atoms with E-state index in [1.807, 2.05) is 0 Å². The molecule has 0 aromatic heterocycles. The van der Waals surface area contributed by atoms with Crippen LogP contribution in [0, 0.1) is 0 Å². The first-order valence-electron chi connectivity index (χ1n) is 7.27. The average Bonchev–Trinajstić information content (AvgIpc) is 2.58. The quantitative estimate of drug-likeness (QED) is 0.775. The fraction of sp³-hybridized carbons (Fsp3) is 0.467. The van der Waals surface area contributed by atoms with Crippen molar-refractivity contribution in [3.05, 3.63) is 35.4 Å². The maximum Gasteiger partial charge on any atom is 0.416 e. The smallest absolute Gasteiger partial charge is 0.416 e. The highest BCUT2D eigenvalue weighted by Gasteiger charge is 2.31. The van der Waals surface area contributed by atoms with Gasteiger partial charge in [0.2, 0.25) is 0 Å². The molecular formula is C15H16ClF3N2O3. The van der Waals surface area contributed by atoms with Crippen molar-refractivity contribution in [3.63, 3.8) is 0 Å². The van der Waals surface area contributed by atoms with Crippen LogP contribution < -0.4 is 0 Å². The number of benzene rings is 1. The van der Waals surface area contributed by atoms with E-state index < -0.39 is 17.8 Å². The van der Waals surface area contributed by atoms with Gasteiger partial charge in [-0.1, -0.05) is 0 Å². The number of amides is 2. The molecule has 0 radical (unpaired) electrons. The normalized spacial score (nSPS) is 15.3. The fourth-order valence-electron chi connectivity index (χ4n) is 2.29. The van der Waals surface area contributed by atoms with Crippen molar-refractivity contribution in [3.8, 4) is 0 Å². The summed E-state index contributed by atoms with van der Waals surface area (Å²) in [5, 5.41) is 0. The zero-order valence-electron chi connectivity index (χ0n) is 12.7. The van der Waals surface area contributed by atoms with Gasteiger partial charge < -0.3 is 14.5 Å². The third-order valence-corrected chi connectivity index (χ3v) is 3.74. The van der Waals surface area contributed by atoms with Gasteiger partial charge in [0.15, 0.2) is 0 Å². The van der Waals surface area contributed by atoms with Crippen molar-refractivity contribution in [2.24, 2.45) is 0 Å². The van der Waals surface area contributed by atoms with E-state index in [1.165, 1.54) is 9.80 Å². The van der Waals surface area contributed by atoms with Crippen LogP contribution >= 0.6 is 11.6 Å². The molecule has 0 spiro atoms. The minimum atomic E-state index is -4.43. The number of carbonyl (C=O) groups is 2. The number of halogens is 4. The molecule has 0 N–H and O–H groups in total. The summed E-state index contributed by atoms with van der Waals surface area (Å²) in [4.78, 5) is 26.9. The van der Waals surface area contributed by atoms with Crippen LogP contribution in [-0.4, -0.2) is 60.5 Å². The van der Waals surface area contributed by atoms with E-state index in [9.17, 15) is 22.8 Å². The largest absolute Gasteiger partial charge is 0.448 e. The van der Waals surface area contributed by atoms with Gasteiger partial charge in [-0.05, 0) is 24.3 Å². The Kier molecular flexibility index (Phi) is 5.93. The van der Waals surface area contributed by atoms with E-state index >= 15 is 0 Å². The molecule has 1 aromatic rings. The van der Waals surface area contributed by atoms with Gasteiger partial charge in [0.1, 0.15) is 6.61 Å². The van der Waals surface area contributed by atoms with Gasteiger partial charge >= 0.3 is 12.3 Å². The van der Waals surface area contributed by atoms with Crippen LogP contribution in [0.25, 0.3) is 0 Å². The first-order chi connectivity index (χ1) is 11.3. The molecule has 0 saturated carbocycles. The monoisotopic (exact) mass is 364 g/mol. The fourth-order valence-corrected chi connectivity index (χ4v) is 2.37. The van der Waals surface area contributed by atoms with Crippen LogP contribution in [0.15, 0.2) is 24.3 Å². The summed E-state index contributed by atoms with van der Waals surface area (Å²) in [5.74, 6) is -0.157. The van der Waals surface area contributed by atoms with E-state index in [-0.39, 0.29) is 37.0 Å². The molecule has 1 aliphatic rings. The molecule has 1 fully saturated rings. The molecule has 2 amide bonds. The molecule has 0 unspecified atom stereocenters. The Bertz CT molecular complexity index is 585. The minimum absolute atomic E-state index is 0.116. The summed E-state index contributed by atoms with van der Waals surface area (Å²) in [6.07, 6.45) is -4.92. The molecule has 0 atom stereocenters. The number of hydrogen-bond acceptors (Lipinski definition) is 3. The zero-order chi connectivity index (χ0) is 17.7. The number of carbonyl (C=O) groups excluding carboxylic acids is 2. The molecule has 2 rings (SSSR count). The summed E-state index contributed by atoms with van der Waals surface area (Å²) >= 11 is 5.44. The SMILES string of the molecule is O=C(OCCCl)N1CCN(C(=O)c2ccc(C(F)(F)F)cc2)CC1. The van der Waals surface area contributed by atoms with Gasteiger partial charge in [0.25, 0.3) is 5.91 Å². The van der Waals surface area contributed by atoms with Gasteiger partial charge in [-0.25, -0.2) is 4.79 Å². The molecule has 1 aliphatic heterocycles. The molecule has 1 saturated heterocycles. The van der Waals surface area contributed by atoms with Crippen molar-refractivity contribution >= 4 is 23.6 Å².